The molecule has 1 N–H and O–H groups in total. The summed E-state index contributed by atoms with van der Waals surface area (Å²) in [5.74, 6) is -1.66. The van der Waals surface area contributed by atoms with Gasteiger partial charge in [-0.3, -0.25) is 4.98 Å². The summed E-state index contributed by atoms with van der Waals surface area (Å²) >= 11 is 0. The van der Waals surface area contributed by atoms with Gasteiger partial charge in [-0.25, -0.2) is 9.18 Å². The Hall–Kier alpha value is -2.23. The lowest BCUT2D eigenvalue weighted by molar-refractivity contribution is 0.0696. The summed E-state index contributed by atoms with van der Waals surface area (Å²) < 4.78 is 13.2. The zero-order valence-corrected chi connectivity index (χ0v) is 8.93. The van der Waals surface area contributed by atoms with E-state index in [4.69, 9.17) is 5.11 Å². The maximum atomic E-state index is 13.2. The number of pyridine rings is 1. The Balaban J connectivity index is 2.30. The second-order valence-electron chi connectivity index (χ2n) is 3.69. The van der Waals surface area contributed by atoms with Crippen molar-refractivity contribution < 1.29 is 14.3 Å². The summed E-state index contributed by atoms with van der Waals surface area (Å²) in [6, 6.07) is 7.45. The van der Waals surface area contributed by atoms with Gasteiger partial charge in [-0.15, -0.1) is 0 Å². The molecule has 2 rings (SSSR count). The van der Waals surface area contributed by atoms with Crippen LogP contribution in [-0.4, -0.2) is 16.1 Å². The van der Waals surface area contributed by atoms with Crippen molar-refractivity contribution in [2.75, 3.05) is 0 Å². The molecule has 1 aromatic carbocycles. The summed E-state index contributed by atoms with van der Waals surface area (Å²) in [7, 11) is 0. The second kappa shape index (κ2) is 4.74. The van der Waals surface area contributed by atoms with Crippen LogP contribution in [0.2, 0.25) is 0 Å². The molecule has 0 aliphatic heterocycles. The number of hydrogen-bond acceptors (Lipinski definition) is 2. The van der Waals surface area contributed by atoms with Crippen molar-refractivity contribution in [2.45, 2.75) is 6.42 Å². The number of hydrogen-bond donors (Lipinski definition) is 1. The zero-order valence-electron chi connectivity index (χ0n) is 8.93. The standard InChI is InChI=1S/C13H10FNO2/c14-12-7-10(6-11(8-12)13(16)17)5-9-1-3-15-4-2-9/h1-4,6-8H,5H2,(H,16,17). The second-order valence-corrected chi connectivity index (χ2v) is 3.69. The van der Waals surface area contributed by atoms with Crippen molar-refractivity contribution in [3.05, 3.63) is 65.2 Å². The molecule has 0 amide bonds. The molecule has 17 heavy (non-hydrogen) atoms. The first-order valence-corrected chi connectivity index (χ1v) is 5.07. The molecule has 3 nitrogen and oxygen atoms in total. The molecular weight excluding hydrogens is 221 g/mol. The van der Waals surface area contributed by atoms with Crippen LogP contribution in [0.1, 0.15) is 21.5 Å². The first-order chi connectivity index (χ1) is 8.15. The summed E-state index contributed by atoms with van der Waals surface area (Å²) in [6.07, 6.45) is 3.78. The van der Waals surface area contributed by atoms with E-state index in [1.165, 1.54) is 12.1 Å². The molecule has 4 heteroatoms. The molecule has 0 unspecified atom stereocenters. The lowest BCUT2D eigenvalue weighted by atomic mass is 10.0. The predicted molar refractivity (Wildman–Crippen MR) is 60.4 cm³/mol. The monoisotopic (exact) mass is 231 g/mol. The highest BCUT2D eigenvalue weighted by molar-refractivity contribution is 5.87. The molecule has 0 spiro atoms. The summed E-state index contributed by atoms with van der Waals surface area (Å²) in [6.45, 7) is 0. The maximum absolute atomic E-state index is 13.2. The Morgan fingerprint density at radius 2 is 1.88 bits per heavy atom. The minimum Gasteiger partial charge on any atom is -0.478 e. The van der Waals surface area contributed by atoms with E-state index < -0.39 is 11.8 Å². The Labute approximate surface area is 97.6 Å². The Bertz CT molecular complexity index is 540. The molecule has 0 aliphatic carbocycles. The van der Waals surface area contributed by atoms with Gasteiger partial charge in [0.2, 0.25) is 0 Å². The number of benzene rings is 1. The van der Waals surface area contributed by atoms with Gasteiger partial charge in [0.15, 0.2) is 0 Å². The minimum absolute atomic E-state index is 0.0333. The van der Waals surface area contributed by atoms with Crippen LogP contribution in [0, 0.1) is 5.82 Å². The van der Waals surface area contributed by atoms with Crippen molar-refractivity contribution in [3.8, 4) is 0 Å². The van der Waals surface area contributed by atoms with Gasteiger partial charge in [-0.1, -0.05) is 0 Å². The average Bonchev–Trinajstić information content (AvgIpc) is 2.29. The SMILES string of the molecule is O=C(O)c1cc(F)cc(Cc2ccncc2)c1. The van der Waals surface area contributed by atoms with Gasteiger partial charge >= 0.3 is 5.97 Å². The molecule has 2 aromatic rings. The van der Waals surface area contributed by atoms with E-state index in [9.17, 15) is 9.18 Å². The van der Waals surface area contributed by atoms with Gasteiger partial charge < -0.3 is 5.11 Å². The number of carboxylic acids is 1. The van der Waals surface area contributed by atoms with Crippen LogP contribution in [0.15, 0.2) is 42.7 Å². The normalized spacial score (nSPS) is 10.2. The highest BCUT2D eigenvalue weighted by atomic mass is 19.1. The van der Waals surface area contributed by atoms with E-state index >= 15 is 0 Å². The lowest BCUT2D eigenvalue weighted by Gasteiger charge is -2.03. The first-order valence-electron chi connectivity index (χ1n) is 5.07. The van der Waals surface area contributed by atoms with Gasteiger partial charge in [0.1, 0.15) is 5.82 Å². The molecule has 86 valence electrons. The van der Waals surface area contributed by atoms with E-state index in [-0.39, 0.29) is 5.56 Å². The maximum Gasteiger partial charge on any atom is 0.335 e. The highest BCUT2D eigenvalue weighted by Gasteiger charge is 2.07. The minimum atomic E-state index is -1.12. The van der Waals surface area contributed by atoms with Gasteiger partial charge in [-0.2, -0.15) is 0 Å². The van der Waals surface area contributed by atoms with Crippen molar-refractivity contribution in [2.24, 2.45) is 0 Å². The smallest absolute Gasteiger partial charge is 0.335 e. The number of halogens is 1. The molecule has 0 aliphatic rings. The van der Waals surface area contributed by atoms with Crippen LogP contribution in [-0.2, 0) is 6.42 Å². The van der Waals surface area contributed by atoms with E-state index in [2.05, 4.69) is 4.98 Å². The van der Waals surface area contributed by atoms with Crippen LogP contribution < -0.4 is 0 Å². The molecule has 1 heterocycles. The van der Waals surface area contributed by atoms with Crippen molar-refractivity contribution in [3.63, 3.8) is 0 Å². The summed E-state index contributed by atoms with van der Waals surface area (Å²) in [5, 5.41) is 8.82. The van der Waals surface area contributed by atoms with Crippen LogP contribution in [0.25, 0.3) is 0 Å². The van der Waals surface area contributed by atoms with Crippen molar-refractivity contribution in [1.29, 1.82) is 0 Å². The molecular formula is C13H10FNO2. The molecule has 1 aromatic heterocycles. The fraction of sp³-hybridized carbons (Fsp3) is 0.0769. The Morgan fingerprint density at radius 1 is 1.18 bits per heavy atom. The number of nitrogens with zero attached hydrogens (tertiary/aromatic N) is 1. The van der Waals surface area contributed by atoms with E-state index in [0.29, 0.717) is 12.0 Å². The Kier molecular flexibility index (Phi) is 3.14. The third-order valence-corrected chi connectivity index (χ3v) is 2.36. The number of carboxylic acid groups (broad SMARTS) is 1. The quantitative estimate of drug-likeness (QED) is 0.882. The van der Waals surface area contributed by atoms with E-state index in [1.807, 2.05) is 12.1 Å². The molecule has 0 atom stereocenters. The molecule has 0 saturated carbocycles. The van der Waals surface area contributed by atoms with Gasteiger partial charge in [0.05, 0.1) is 5.56 Å². The van der Waals surface area contributed by atoms with Crippen LogP contribution >= 0.6 is 0 Å². The lowest BCUT2D eigenvalue weighted by Crippen LogP contribution is -1.99. The third-order valence-electron chi connectivity index (χ3n) is 2.36. The first kappa shape index (κ1) is 11.3. The number of carbonyl (C=O) groups is 1. The predicted octanol–water partition coefficient (Wildman–Crippen LogP) is 2.51. The molecule has 0 radical (unpaired) electrons. The van der Waals surface area contributed by atoms with Gasteiger partial charge in [0, 0.05) is 12.4 Å². The van der Waals surface area contributed by atoms with E-state index in [1.54, 1.807) is 12.4 Å². The molecule has 0 saturated heterocycles. The fourth-order valence-corrected chi connectivity index (χ4v) is 1.61. The van der Waals surface area contributed by atoms with Crippen LogP contribution in [0.3, 0.4) is 0 Å². The number of aromatic nitrogens is 1. The third kappa shape index (κ3) is 2.87. The zero-order chi connectivity index (χ0) is 12.3. The van der Waals surface area contributed by atoms with Crippen LogP contribution in [0.4, 0.5) is 4.39 Å². The van der Waals surface area contributed by atoms with E-state index in [0.717, 1.165) is 11.6 Å². The van der Waals surface area contributed by atoms with Crippen LogP contribution in [0.5, 0.6) is 0 Å². The fourth-order valence-electron chi connectivity index (χ4n) is 1.61. The number of aromatic carboxylic acids is 1. The number of rotatable bonds is 3. The summed E-state index contributed by atoms with van der Waals surface area (Å²) in [5.41, 5.74) is 1.56. The van der Waals surface area contributed by atoms with Gasteiger partial charge in [-0.05, 0) is 47.9 Å². The highest BCUT2D eigenvalue weighted by Crippen LogP contribution is 2.13. The topological polar surface area (TPSA) is 50.2 Å². The largest absolute Gasteiger partial charge is 0.478 e. The van der Waals surface area contributed by atoms with Crippen molar-refractivity contribution in [1.82, 2.24) is 4.98 Å². The molecule has 0 bridgehead atoms. The Morgan fingerprint density at radius 3 is 2.53 bits per heavy atom. The van der Waals surface area contributed by atoms with Crippen molar-refractivity contribution >= 4 is 5.97 Å². The van der Waals surface area contributed by atoms with Gasteiger partial charge in [0.25, 0.3) is 0 Å². The summed E-state index contributed by atoms with van der Waals surface area (Å²) in [4.78, 5) is 14.7. The molecule has 0 fully saturated rings. The average molecular weight is 231 g/mol.